The molecule has 3 fully saturated rings. The van der Waals surface area contributed by atoms with Gasteiger partial charge in [-0.25, -0.2) is 0 Å². The molecular formula is C18H32O14. The topological polar surface area (TPSA) is 228 Å². The lowest BCUT2D eigenvalue weighted by Gasteiger charge is -2.47. The lowest BCUT2D eigenvalue weighted by Crippen LogP contribution is -2.65. The molecule has 9 N–H and O–H groups in total. The van der Waals surface area contributed by atoms with Crippen molar-refractivity contribution in [2.45, 2.75) is 106 Å². The summed E-state index contributed by atoms with van der Waals surface area (Å²) in [4.78, 5) is 0. The Morgan fingerprint density at radius 3 is 1.69 bits per heavy atom. The molecule has 15 atom stereocenters. The molecular weight excluding hydrogens is 440 g/mol. The highest BCUT2D eigenvalue weighted by Gasteiger charge is 2.52. The fourth-order valence-corrected chi connectivity index (χ4v) is 3.92. The van der Waals surface area contributed by atoms with Crippen LogP contribution in [0.5, 0.6) is 0 Å². The predicted molar refractivity (Wildman–Crippen MR) is 98.4 cm³/mol. The molecule has 32 heavy (non-hydrogen) atoms. The number of hydrogen-bond acceptors (Lipinski definition) is 14. The zero-order valence-electron chi connectivity index (χ0n) is 17.4. The second kappa shape index (κ2) is 10.4. The Kier molecular flexibility index (Phi) is 8.44. The first-order valence-corrected chi connectivity index (χ1v) is 10.3. The molecule has 14 nitrogen and oxygen atoms in total. The summed E-state index contributed by atoms with van der Waals surface area (Å²) in [5.74, 6) is 0. The van der Waals surface area contributed by atoms with E-state index in [-0.39, 0.29) is 0 Å². The Labute approximate surface area is 183 Å². The lowest BCUT2D eigenvalue weighted by molar-refractivity contribution is -0.378. The van der Waals surface area contributed by atoms with Crippen LogP contribution in [0.3, 0.4) is 0 Å². The molecule has 0 aromatic rings. The van der Waals surface area contributed by atoms with Gasteiger partial charge in [0.1, 0.15) is 61.0 Å². The van der Waals surface area contributed by atoms with Gasteiger partial charge in [0.2, 0.25) is 0 Å². The maximum Gasteiger partial charge on any atom is 0.187 e. The molecule has 3 heterocycles. The van der Waals surface area contributed by atoms with Crippen molar-refractivity contribution < 1.29 is 69.6 Å². The number of rotatable bonds is 5. The second-order valence-electron chi connectivity index (χ2n) is 8.30. The normalized spacial score (nSPS) is 55.0. The molecule has 0 radical (unpaired) electrons. The highest BCUT2D eigenvalue weighted by atomic mass is 16.7. The van der Waals surface area contributed by atoms with Gasteiger partial charge in [-0.1, -0.05) is 0 Å². The molecule has 0 aromatic carbocycles. The fraction of sp³-hybridized carbons (Fsp3) is 1.00. The molecule has 3 aliphatic heterocycles. The minimum absolute atomic E-state index is 0.674. The van der Waals surface area contributed by atoms with Crippen LogP contribution in [-0.4, -0.2) is 145 Å². The van der Waals surface area contributed by atoms with Gasteiger partial charge in [-0.3, -0.25) is 0 Å². The first-order valence-electron chi connectivity index (χ1n) is 10.3. The van der Waals surface area contributed by atoms with Crippen LogP contribution >= 0.6 is 0 Å². The molecule has 3 rings (SSSR count). The molecule has 0 spiro atoms. The Balaban J connectivity index is 1.72. The van der Waals surface area contributed by atoms with E-state index < -0.39 is 98.7 Å². The standard InChI is InChI=1S/C18H32O14/c1-4-7(20)10(23)12(25)17(28-4)31-14-8(21)5(2)29-18(13(14)26)32-15-11(24)9(22)6(3-19)30-16(15)27/h4-27H,3H2,1-2H3/t4-,5-,6+,7-,8-,9-,10+,11-,12+,13+,14+,15+,16+,17-,18-/m0/s1. The quantitative estimate of drug-likeness (QED) is 0.182. The first-order chi connectivity index (χ1) is 15.0. The molecule has 0 saturated carbocycles. The van der Waals surface area contributed by atoms with Crippen LogP contribution in [0.2, 0.25) is 0 Å². The lowest BCUT2D eigenvalue weighted by atomic mass is 9.96. The van der Waals surface area contributed by atoms with Gasteiger partial charge in [-0.15, -0.1) is 0 Å². The van der Waals surface area contributed by atoms with Crippen molar-refractivity contribution in [3.8, 4) is 0 Å². The zero-order chi connectivity index (χ0) is 23.9. The van der Waals surface area contributed by atoms with Crippen LogP contribution in [0.15, 0.2) is 0 Å². The third kappa shape index (κ3) is 4.94. The largest absolute Gasteiger partial charge is 0.394 e. The molecule has 0 aliphatic carbocycles. The Bertz CT molecular complexity index is 610. The van der Waals surface area contributed by atoms with Gasteiger partial charge in [0.05, 0.1) is 18.8 Å². The van der Waals surface area contributed by atoms with E-state index in [1.807, 2.05) is 0 Å². The number of aliphatic hydroxyl groups is 9. The Morgan fingerprint density at radius 1 is 0.562 bits per heavy atom. The van der Waals surface area contributed by atoms with Crippen LogP contribution in [0.25, 0.3) is 0 Å². The van der Waals surface area contributed by atoms with E-state index in [4.69, 9.17) is 28.8 Å². The highest BCUT2D eigenvalue weighted by molar-refractivity contribution is 4.95. The molecule has 0 unspecified atom stereocenters. The van der Waals surface area contributed by atoms with E-state index in [1.54, 1.807) is 0 Å². The van der Waals surface area contributed by atoms with Gasteiger partial charge in [0.25, 0.3) is 0 Å². The summed E-state index contributed by atoms with van der Waals surface area (Å²) in [6, 6.07) is 0. The van der Waals surface area contributed by atoms with Crippen LogP contribution in [0, 0.1) is 0 Å². The van der Waals surface area contributed by atoms with Crippen LogP contribution in [0.4, 0.5) is 0 Å². The maximum absolute atomic E-state index is 10.7. The minimum Gasteiger partial charge on any atom is -0.394 e. The zero-order valence-corrected chi connectivity index (χ0v) is 17.4. The predicted octanol–water partition coefficient (Wildman–Crippen LogP) is -5.52. The molecule has 0 amide bonds. The summed E-state index contributed by atoms with van der Waals surface area (Å²) < 4.78 is 26.7. The van der Waals surface area contributed by atoms with E-state index in [0.29, 0.717) is 0 Å². The van der Waals surface area contributed by atoms with E-state index in [9.17, 15) is 40.9 Å². The van der Waals surface area contributed by atoms with Crippen molar-refractivity contribution in [2.24, 2.45) is 0 Å². The highest BCUT2D eigenvalue weighted by Crippen LogP contribution is 2.31. The van der Waals surface area contributed by atoms with Crippen molar-refractivity contribution in [1.82, 2.24) is 0 Å². The second-order valence-corrected chi connectivity index (χ2v) is 8.30. The number of aliphatic hydroxyl groups excluding tert-OH is 9. The van der Waals surface area contributed by atoms with Crippen LogP contribution < -0.4 is 0 Å². The average Bonchev–Trinajstić information content (AvgIpc) is 2.76. The molecule has 0 aromatic heterocycles. The van der Waals surface area contributed by atoms with Gasteiger partial charge < -0.3 is 69.6 Å². The SMILES string of the molecule is C[C@@H]1O[C@@H](O[C@@H]2[C@@H](O)[C@H](C)O[C@@H](O[C@@H]3[C@@H](O)[C@@H](O)[C@@H](CO)O[C@H]3O)[C@@H]2O)[C@H](O)[C@H](O)[C@H]1O. The van der Waals surface area contributed by atoms with E-state index in [0.717, 1.165) is 0 Å². The van der Waals surface area contributed by atoms with Gasteiger partial charge in [-0.2, -0.15) is 0 Å². The van der Waals surface area contributed by atoms with E-state index in [2.05, 4.69) is 0 Å². The van der Waals surface area contributed by atoms with Crippen LogP contribution in [0.1, 0.15) is 13.8 Å². The molecule has 3 saturated heterocycles. The summed E-state index contributed by atoms with van der Waals surface area (Å²) in [5.41, 5.74) is 0. The van der Waals surface area contributed by atoms with Crippen LogP contribution in [-0.2, 0) is 23.7 Å². The third-order valence-electron chi connectivity index (χ3n) is 6.02. The maximum atomic E-state index is 10.7. The van der Waals surface area contributed by atoms with Crippen molar-refractivity contribution >= 4 is 0 Å². The summed E-state index contributed by atoms with van der Waals surface area (Å²) >= 11 is 0. The summed E-state index contributed by atoms with van der Waals surface area (Å²) in [5, 5.41) is 90.5. The van der Waals surface area contributed by atoms with Gasteiger partial charge in [0, 0.05) is 0 Å². The van der Waals surface area contributed by atoms with Crippen molar-refractivity contribution in [3.05, 3.63) is 0 Å². The van der Waals surface area contributed by atoms with E-state index >= 15 is 0 Å². The third-order valence-corrected chi connectivity index (χ3v) is 6.02. The van der Waals surface area contributed by atoms with Gasteiger partial charge >= 0.3 is 0 Å². The number of hydrogen-bond donors (Lipinski definition) is 9. The van der Waals surface area contributed by atoms with Gasteiger partial charge in [-0.05, 0) is 13.8 Å². The molecule has 14 heteroatoms. The Hall–Kier alpha value is -0.560. The van der Waals surface area contributed by atoms with Crippen molar-refractivity contribution in [3.63, 3.8) is 0 Å². The number of ether oxygens (including phenoxy) is 5. The van der Waals surface area contributed by atoms with Crippen molar-refractivity contribution in [2.75, 3.05) is 6.61 Å². The molecule has 0 bridgehead atoms. The van der Waals surface area contributed by atoms with Gasteiger partial charge in [0.15, 0.2) is 18.9 Å². The Morgan fingerprint density at radius 2 is 1.09 bits per heavy atom. The summed E-state index contributed by atoms with van der Waals surface area (Å²) in [7, 11) is 0. The first kappa shape index (κ1) is 26.1. The average molecular weight is 472 g/mol. The van der Waals surface area contributed by atoms with E-state index in [1.165, 1.54) is 13.8 Å². The summed E-state index contributed by atoms with van der Waals surface area (Å²) in [6.45, 7) is 2.17. The summed E-state index contributed by atoms with van der Waals surface area (Å²) in [6.07, 6.45) is -22.4. The molecule has 3 aliphatic rings. The smallest absolute Gasteiger partial charge is 0.187 e. The monoisotopic (exact) mass is 472 g/mol. The van der Waals surface area contributed by atoms with Crippen molar-refractivity contribution in [1.29, 1.82) is 0 Å². The minimum atomic E-state index is -1.79. The fourth-order valence-electron chi connectivity index (χ4n) is 3.92. The molecule has 188 valence electrons.